The Kier molecular flexibility index (Phi) is 6.75. The Balaban J connectivity index is 2.97. The number of amides is 1. The summed E-state index contributed by atoms with van der Waals surface area (Å²) >= 11 is 6.16. The monoisotopic (exact) mass is 310 g/mol. The van der Waals surface area contributed by atoms with Crippen molar-refractivity contribution >= 4 is 35.2 Å². The second kappa shape index (κ2) is 8.32. The van der Waals surface area contributed by atoms with Gasteiger partial charge in [0.2, 0.25) is 5.91 Å². The molecule has 0 fully saturated rings. The molecular formula is C15H19ClN2O3. The molecule has 0 aromatic heterocycles. The van der Waals surface area contributed by atoms with Crippen LogP contribution in [-0.4, -0.2) is 37.1 Å². The summed E-state index contributed by atoms with van der Waals surface area (Å²) in [6.07, 6.45) is 3.38. The summed E-state index contributed by atoms with van der Waals surface area (Å²) < 4.78 is 0. The molecule has 0 aliphatic rings. The van der Waals surface area contributed by atoms with Crippen molar-refractivity contribution in [2.24, 2.45) is 0 Å². The molecule has 1 aromatic rings. The highest BCUT2D eigenvalue weighted by Gasteiger charge is 2.11. The molecule has 114 valence electrons. The Hall–Kier alpha value is -2.01. The second-order valence-corrected chi connectivity index (χ2v) is 4.88. The van der Waals surface area contributed by atoms with Gasteiger partial charge in [0.1, 0.15) is 0 Å². The number of carboxylic acids is 1. The first-order chi connectivity index (χ1) is 9.97. The number of carboxylic acid groups (broad SMARTS) is 1. The SMILES string of the molecule is CCCN(CC(=O)NC)c1ccc(/C=C/C(=O)O)c(Cl)c1. The highest BCUT2D eigenvalue weighted by molar-refractivity contribution is 6.32. The maximum atomic E-state index is 11.5. The zero-order valence-electron chi connectivity index (χ0n) is 12.1. The number of carbonyl (C=O) groups excluding carboxylic acids is 1. The third-order valence-corrected chi connectivity index (χ3v) is 3.19. The van der Waals surface area contributed by atoms with Crippen molar-refractivity contribution in [2.75, 3.05) is 25.0 Å². The van der Waals surface area contributed by atoms with Gasteiger partial charge >= 0.3 is 5.97 Å². The van der Waals surface area contributed by atoms with Crippen LogP contribution in [0.3, 0.4) is 0 Å². The van der Waals surface area contributed by atoms with Crippen molar-refractivity contribution in [3.05, 3.63) is 34.9 Å². The number of halogens is 1. The third kappa shape index (κ3) is 5.47. The van der Waals surface area contributed by atoms with E-state index in [1.165, 1.54) is 6.08 Å². The van der Waals surface area contributed by atoms with E-state index < -0.39 is 5.97 Å². The molecule has 1 rings (SSSR count). The predicted molar refractivity (Wildman–Crippen MR) is 84.7 cm³/mol. The molecule has 0 radical (unpaired) electrons. The maximum absolute atomic E-state index is 11.5. The molecule has 0 heterocycles. The summed E-state index contributed by atoms with van der Waals surface area (Å²) in [5.41, 5.74) is 1.46. The average molecular weight is 311 g/mol. The molecule has 0 aliphatic heterocycles. The molecule has 2 N–H and O–H groups in total. The van der Waals surface area contributed by atoms with Gasteiger partial charge in [0, 0.05) is 30.4 Å². The quantitative estimate of drug-likeness (QED) is 0.759. The van der Waals surface area contributed by atoms with Crippen molar-refractivity contribution in [1.29, 1.82) is 0 Å². The highest BCUT2D eigenvalue weighted by atomic mass is 35.5. The fourth-order valence-corrected chi connectivity index (χ4v) is 2.07. The zero-order valence-corrected chi connectivity index (χ0v) is 12.9. The van der Waals surface area contributed by atoms with E-state index in [-0.39, 0.29) is 12.5 Å². The Morgan fingerprint density at radius 2 is 2.14 bits per heavy atom. The minimum Gasteiger partial charge on any atom is -0.478 e. The van der Waals surface area contributed by atoms with Gasteiger partial charge in [-0.1, -0.05) is 24.6 Å². The number of rotatable bonds is 7. The Bertz CT molecular complexity index is 544. The van der Waals surface area contributed by atoms with Gasteiger partial charge in [0.25, 0.3) is 0 Å². The molecular weight excluding hydrogens is 292 g/mol. The topological polar surface area (TPSA) is 69.6 Å². The zero-order chi connectivity index (χ0) is 15.8. The van der Waals surface area contributed by atoms with E-state index in [0.29, 0.717) is 10.6 Å². The maximum Gasteiger partial charge on any atom is 0.328 e. The number of likely N-dealkylation sites (N-methyl/N-ethyl adjacent to an activating group) is 1. The van der Waals surface area contributed by atoms with Gasteiger partial charge in [-0.15, -0.1) is 0 Å². The van der Waals surface area contributed by atoms with Crippen molar-refractivity contribution in [3.63, 3.8) is 0 Å². The Morgan fingerprint density at radius 3 is 2.67 bits per heavy atom. The number of nitrogens with zero attached hydrogens (tertiary/aromatic N) is 1. The first-order valence-corrected chi connectivity index (χ1v) is 7.01. The molecule has 0 atom stereocenters. The smallest absolute Gasteiger partial charge is 0.328 e. The average Bonchev–Trinajstić information content (AvgIpc) is 2.45. The molecule has 21 heavy (non-hydrogen) atoms. The number of hydrogen-bond donors (Lipinski definition) is 2. The molecule has 6 heteroatoms. The van der Waals surface area contributed by atoms with E-state index in [9.17, 15) is 9.59 Å². The van der Waals surface area contributed by atoms with E-state index in [4.69, 9.17) is 16.7 Å². The first-order valence-electron chi connectivity index (χ1n) is 6.64. The summed E-state index contributed by atoms with van der Waals surface area (Å²) in [5.74, 6) is -1.10. The summed E-state index contributed by atoms with van der Waals surface area (Å²) in [4.78, 5) is 24.0. The minimum atomic E-state index is -1.03. The second-order valence-electron chi connectivity index (χ2n) is 4.47. The van der Waals surface area contributed by atoms with E-state index in [1.54, 1.807) is 19.2 Å². The fraction of sp³-hybridized carbons (Fsp3) is 0.333. The van der Waals surface area contributed by atoms with Crippen LogP contribution < -0.4 is 10.2 Å². The number of hydrogen-bond acceptors (Lipinski definition) is 3. The van der Waals surface area contributed by atoms with Gasteiger partial charge in [-0.3, -0.25) is 4.79 Å². The van der Waals surface area contributed by atoms with Crippen LogP contribution in [0.5, 0.6) is 0 Å². The first kappa shape index (κ1) is 17.0. The molecule has 0 saturated heterocycles. The van der Waals surface area contributed by atoms with E-state index in [1.807, 2.05) is 17.9 Å². The van der Waals surface area contributed by atoms with Crippen molar-refractivity contribution in [3.8, 4) is 0 Å². The van der Waals surface area contributed by atoms with Crippen LogP contribution in [0, 0.1) is 0 Å². The normalized spacial score (nSPS) is 10.6. The standard InChI is InChI=1S/C15H19ClN2O3/c1-3-8-18(10-14(19)17-2)12-6-4-11(13(16)9-12)5-7-15(20)21/h4-7,9H,3,8,10H2,1-2H3,(H,17,19)(H,20,21)/b7-5+. The van der Waals surface area contributed by atoms with Gasteiger partial charge in [-0.05, 0) is 30.2 Å². The number of carbonyl (C=O) groups is 2. The van der Waals surface area contributed by atoms with Crippen molar-refractivity contribution in [1.82, 2.24) is 5.32 Å². The third-order valence-electron chi connectivity index (χ3n) is 2.86. The Labute approximate surface area is 129 Å². The summed E-state index contributed by atoms with van der Waals surface area (Å²) in [6.45, 7) is 3.02. The predicted octanol–water partition coefficient (Wildman–Crippen LogP) is 2.40. The van der Waals surface area contributed by atoms with E-state index in [2.05, 4.69) is 5.32 Å². The summed E-state index contributed by atoms with van der Waals surface area (Å²) in [5, 5.41) is 11.7. The largest absolute Gasteiger partial charge is 0.478 e. The molecule has 5 nitrogen and oxygen atoms in total. The van der Waals surface area contributed by atoms with Crippen LogP contribution in [0.4, 0.5) is 5.69 Å². The molecule has 0 aliphatic carbocycles. The molecule has 0 saturated carbocycles. The van der Waals surface area contributed by atoms with Crippen LogP contribution in [0.15, 0.2) is 24.3 Å². The van der Waals surface area contributed by atoms with Gasteiger partial charge in [-0.25, -0.2) is 4.79 Å². The lowest BCUT2D eigenvalue weighted by Crippen LogP contribution is -2.36. The van der Waals surface area contributed by atoms with Crippen LogP contribution in [0.2, 0.25) is 5.02 Å². The van der Waals surface area contributed by atoms with Crippen molar-refractivity contribution in [2.45, 2.75) is 13.3 Å². The summed E-state index contributed by atoms with van der Waals surface area (Å²) in [6, 6.07) is 5.30. The molecule has 0 bridgehead atoms. The summed E-state index contributed by atoms with van der Waals surface area (Å²) in [7, 11) is 1.60. The van der Waals surface area contributed by atoms with E-state index in [0.717, 1.165) is 24.7 Å². The van der Waals surface area contributed by atoms with Gasteiger partial charge < -0.3 is 15.3 Å². The molecule has 0 spiro atoms. The lowest BCUT2D eigenvalue weighted by Gasteiger charge is -2.23. The van der Waals surface area contributed by atoms with Crippen LogP contribution >= 0.6 is 11.6 Å². The fourth-order valence-electron chi connectivity index (χ4n) is 1.83. The highest BCUT2D eigenvalue weighted by Crippen LogP contribution is 2.25. The molecule has 1 aromatic carbocycles. The molecule has 1 amide bonds. The van der Waals surface area contributed by atoms with Crippen LogP contribution in [-0.2, 0) is 9.59 Å². The minimum absolute atomic E-state index is 0.0746. The van der Waals surface area contributed by atoms with Crippen LogP contribution in [0.25, 0.3) is 6.08 Å². The van der Waals surface area contributed by atoms with Gasteiger partial charge in [-0.2, -0.15) is 0 Å². The Morgan fingerprint density at radius 1 is 1.43 bits per heavy atom. The number of aliphatic carboxylic acids is 1. The van der Waals surface area contributed by atoms with Crippen molar-refractivity contribution < 1.29 is 14.7 Å². The van der Waals surface area contributed by atoms with Gasteiger partial charge in [0.15, 0.2) is 0 Å². The lowest BCUT2D eigenvalue weighted by molar-refractivity contribution is -0.131. The van der Waals surface area contributed by atoms with E-state index >= 15 is 0 Å². The number of anilines is 1. The molecule has 0 unspecified atom stereocenters. The van der Waals surface area contributed by atoms with Crippen LogP contribution in [0.1, 0.15) is 18.9 Å². The number of nitrogens with one attached hydrogen (secondary N) is 1. The van der Waals surface area contributed by atoms with Gasteiger partial charge in [0.05, 0.1) is 6.54 Å². The number of benzene rings is 1. The lowest BCUT2D eigenvalue weighted by atomic mass is 10.1.